The van der Waals surface area contributed by atoms with Crippen LogP contribution in [0.4, 0.5) is 10.2 Å². The highest BCUT2D eigenvalue weighted by Gasteiger charge is 2.28. The summed E-state index contributed by atoms with van der Waals surface area (Å²) < 4.78 is 13.2. The summed E-state index contributed by atoms with van der Waals surface area (Å²) in [5.74, 6) is -0.359. The minimum Gasteiger partial charge on any atom is -0.338 e. The molecule has 1 fully saturated rings. The van der Waals surface area contributed by atoms with Gasteiger partial charge in [0.1, 0.15) is 11.6 Å². The van der Waals surface area contributed by atoms with Crippen molar-refractivity contribution in [3.8, 4) is 0 Å². The molecule has 0 saturated carbocycles. The van der Waals surface area contributed by atoms with Crippen molar-refractivity contribution in [2.24, 2.45) is 5.92 Å². The second kappa shape index (κ2) is 8.58. The fourth-order valence-corrected chi connectivity index (χ4v) is 3.11. The van der Waals surface area contributed by atoms with Gasteiger partial charge in [0.25, 0.3) is 0 Å². The van der Waals surface area contributed by atoms with E-state index >= 15 is 0 Å². The molecule has 5 nitrogen and oxygen atoms in total. The Morgan fingerprint density at radius 2 is 2.15 bits per heavy atom. The summed E-state index contributed by atoms with van der Waals surface area (Å²) >= 11 is 0. The molecule has 140 valence electrons. The zero-order chi connectivity index (χ0) is 19.2. The molecule has 0 aliphatic carbocycles. The summed E-state index contributed by atoms with van der Waals surface area (Å²) in [4.78, 5) is 30.8. The van der Waals surface area contributed by atoms with Crippen LogP contribution in [0, 0.1) is 18.7 Å². The quantitative estimate of drug-likeness (QED) is 0.843. The molecule has 0 bridgehead atoms. The SMILES string of the molecule is Cc1cccnc1NC(=O)C1CCCN(C(=O)C=Cc2cccc(F)c2)C1. The number of hydrogen-bond acceptors (Lipinski definition) is 3. The highest BCUT2D eigenvalue weighted by atomic mass is 19.1. The molecule has 2 aromatic rings. The number of hydrogen-bond donors (Lipinski definition) is 1. The lowest BCUT2D eigenvalue weighted by Crippen LogP contribution is -2.43. The molecule has 2 heterocycles. The van der Waals surface area contributed by atoms with Crippen molar-refractivity contribution in [1.29, 1.82) is 0 Å². The summed E-state index contributed by atoms with van der Waals surface area (Å²) in [6.45, 7) is 2.86. The molecule has 1 saturated heterocycles. The van der Waals surface area contributed by atoms with Crippen LogP contribution in [-0.4, -0.2) is 34.8 Å². The molecule has 1 aliphatic rings. The van der Waals surface area contributed by atoms with Gasteiger partial charge in [0.15, 0.2) is 0 Å². The number of benzene rings is 1. The van der Waals surface area contributed by atoms with Gasteiger partial charge in [-0.15, -0.1) is 0 Å². The Kier molecular flexibility index (Phi) is 5.96. The number of halogens is 1. The summed E-state index contributed by atoms with van der Waals surface area (Å²) in [5, 5.41) is 2.86. The van der Waals surface area contributed by atoms with Crippen LogP contribution in [0.5, 0.6) is 0 Å². The number of pyridine rings is 1. The van der Waals surface area contributed by atoms with Crippen molar-refractivity contribution in [3.63, 3.8) is 0 Å². The average Bonchev–Trinajstić information content (AvgIpc) is 2.68. The number of amides is 2. The third-order valence-electron chi connectivity index (χ3n) is 4.62. The van der Waals surface area contributed by atoms with Crippen molar-refractivity contribution >= 4 is 23.7 Å². The van der Waals surface area contributed by atoms with E-state index in [-0.39, 0.29) is 23.5 Å². The van der Waals surface area contributed by atoms with Gasteiger partial charge in [0.2, 0.25) is 11.8 Å². The van der Waals surface area contributed by atoms with Crippen LogP contribution in [0.15, 0.2) is 48.7 Å². The zero-order valence-corrected chi connectivity index (χ0v) is 15.2. The first kappa shape index (κ1) is 18.8. The van der Waals surface area contributed by atoms with Crippen LogP contribution in [0.3, 0.4) is 0 Å². The minimum absolute atomic E-state index is 0.122. The molecule has 1 N–H and O–H groups in total. The molecule has 1 aromatic carbocycles. The van der Waals surface area contributed by atoms with Crippen LogP contribution in [0.25, 0.3) is 6.08 Å². The molecular weight excluding hydrogens is 345 g/mol. The Labute approximate surface area is 157 Å². The van der Waals surface area contributed by atoms with Crippen molar-refractivity contribution in [2.45, 2.75) is 19.8 Å². The van der Waals surface area contributed by atoms with Crippen molar-refractivity contribution in [1.82, 2.24) is 9.88 Å². The average molecular weight is 367 g/mol. The zero-order valence-electron chi connectivity index (χ0n) is 15.2. The maximum atomic E-state index is 13.2. The van der Waals surface area contributed by atoms with Crippen molar-refractivity contribution in [2.75, 3.05) is 18.4 Å². The van der Waals surface area contributed by atoms with Gasteiger partial charge < -0.3 is 10.2 Å². The van der Waals surface area contributed by atoms with Gasteiger partial charge in [-0.25, -0.2) is 9.37 Å². The highest BCUT2D eigenvalue weighted by molar-refractivity contribution is 5.94. The van der Waals surface area contributed by atoms with Gasteiger partial charge >= 0.3 is 0 Å². The molecule has 6 heteroatoms. The number of piperidine rings is 1. The normalized spacial score (nSPS) is 17.1. The number of anilines is 1. The van der Waals surface area contributed by atoms with Crippen LogP contribution in [0.1, 0.15) is 24.0 Å². The third-order valence-corrected chi connectivity index (χ3v) is 4.62. The Hall–Kier alpha value is -3.02. The van der Waals surface area contributed by atoms with Crippen LogP contribution < -0.4 is 5.32 Å². The lowest BCUT2D eigenvalue weighted by molar-refractivity contribution is -0.130. The van der Waals surface area contributed by atoms with Crippen molar-refractivity contribution in [3.05, 3.63) is 65.6 Å². The number of carbonyl (C=O) groups is 2. The first-order chi connectivity index (χ1) is 13.0. The lowest BCUT2D eigenvalue weighted by Gasteiger charge is -2.31. The first-order valence-electron chi connectivity index (χ1n) is 8.98. The number of carbonyl (C=O) groups excluding carboxylic acids is 2. The van der Waals surface area contributed by atoms with E-state index in [0.717, 1.165) is 18.4 Å². The van der Waals surface area contributed by atoms with Crippen LogP contribution in [0.2, 0.25) is 0 Å². The number of aromatic nitrogens is 1. The number of aryl methyl sites for hydroxylation is 1. The topological polar surface area (TPSA) is 62.3 Å². The molecule has 3 rings (SSSR count). The van der Waals surface area contributed by atoms with Gasteiger partial charge in [0.05, 0.1) is 5.92 Å². The fourth-order valence-electron chi connectivity index (χ4n) is 3.11. The smallest absolute Gasteiger partial charge is 0.246 e. The monoisotopic (exact) mass is 367 g/mol. The van der Waals surface area contributed by atoms with E-state index in [1.54, 1.807) is 29.3 Å². The van der Waals surface area contributed by atoms with Crippen molar-refractivity contribution < 1.29 is 14.0 Å². The number of nitrogens with zero attached hydrogens (tertiary/aromatic N) is 2. The molecule has 27 heavy (non-hydrogen) atoms. The van der Waals surface area contributed by atoms with E-state index < -0.39 is 0 Å². The summed E-state index contributed by atoms with van der Waals surface area (Å²) in [7, 11) is 0. The van der Waals surface area contributed by atoms with Gasteiger partial charge in [-0.3, -0.25) is 9.59 Å². The number of nitrogens with one attached hydrogen (secondary N) is 1. The minimum atomic E-state index is -0.343. The largest absolute Gasteiger partial charge is 0.338 e. The second-order valence-corrected chi connectivity index (χ2v) is 6.67. The highest BCUT2D eigenvalue weighted by Crippen LogP contribution is 2.20. The number of rotatable bonds is 4. The van der Waals surface area contributed by atoms with E-state index in [1.165, 1.54) is 18.2 Å². The number of likely N-dealkylation sites (tertiary alicyclic amines) is 1. The Morgan fingerprint density at radius 1 is 1.30 bits per heavy atom. The summed E-state index contributed by atoms with van der Waals surface area (Å²) in [6, 6.07) is 9.75. The van der Waals surface area contributed by atoms with E-state index in [1.807, 2.05) is 19.1 Å². The predicted molar refractivity (Wildman–Crippen MR) is 102 cm³/mol. The lowest BCUT2D eigenvalue weighted by atomic mass is 9.97. The Balaban J connectivity index is 1.60. The molecule has 1 unspecified atom stereocenters. The summed E-state index contributed by atoms with van der Waals surface area (Å²) in [5.41, 5.74) is 1.52. The third kappa shape index (κ3) is 5.00. The molecule has 1 atom stereocenters. The van der Waals surface area contributed by atoms with E-state index in [4.69, 9.17) is 0 Å². The van der Waals surface area contributed by atoms with E-state index in [9.17, 15) is 14.0 Å². The first-order valence-corrected chi connectivity index (χ1v) is 8.98. The molecule has 1 aliphatic heterocycles. The Bertz CT molecular complexity index is 866. The standard InChI is InChI=1S/C21H22FN3O2/c1-15-5-3-11-23-20(15)24-21(27)17-7-4-12-25(14-17)19(26)10-9-16-6-2-8-18(22)13-16/h2-3,5-6,8-11,13,17H,4,7,12,14H2,1H3,(H,23,24,27). The second-order valence-electron chi connectivity index (χ2n) is 6.67. The molecular formula is C21H22FN3O2. The maximum absolute atomic E-state index is 13.2. The van der Waals surface area contributed by atoms with Gasteiger partial charge in [-0.1, -0.05) is 18.2 Å². The summed E-state index contributed by atoms with van der Waals surface area (Å²) in [6.07, 6.45) is 6.15. The van der Waals surface area contributed by atoms with E-state index in [0.29, 0.717) is 24.5 Å². The Morgan fingerprint density at radius 3 is 2.93 bits per heavy atom. The fraction of sp³-hybridized carbons (Fsp3) is 0.286. The van der Waals surface area contributed by atoms with Gasteiger partial charge in [0, 0.05) is 25.4 Å². The molecule has 0 spiro atoms. The molecule has 2 amide bonds. The van der Waals surface area contributed by atoms with Crippen LogP contribution >= 0.6 is 0 Å². The van der Waals surface area contributed by atoms with Crippen LogP contribution in [-0.2, 0) is 9.59 Å². The van der Waals surface area contributed by atoms with Gasteiger partial charge in [-0.05, 0) is 55.2 Å². The van der Waals surface area contributed by atoms with E-state index in [2.05, 4.69) is 10.3 Å². The molecule has 0 radical (unpaired) electrons. The maximum Gasteiger partial charge on any atom is 0.246 e. The predicted octanol–water partition coefficient (Wildman–Crippen LogP) is 3.42. The van der Waals surface area contributed by atoms with Gasteiger partial charge in [-0.2, -0.15) is 0 Å². The molecule has 1 aromatic heterocycles.